The molecule has 0 fully saturated rings. The molecule has 15 heteroatoms. The van der Waals surface area contributed by atoms with Crippen LogP contribution in [0.2, 0.25) is 0 Å². The van der Waals surface area contributed by atoms with E-state index in [9.17, 15) is 43.2 Å². The Kier molecular flexibility index (Phi) is 8.37. The van der Waals surface area contributed by atoms with E-state index in [1.54, 1.807) is 0 Å². The first-order valence-electron chi connectivity index (χ1n) is 2.62. The molecule has 0 aromatic heterocycles. The van der Waals surface area contributed by atoms with E-state index in [-0.39, 0.29) is 23.1 Å². The molecule has 0 aliphatic rings. The third kappa shape index (κ3) is 9.83. The van der Waals surface area contributed by atoms with Crippen LogP contribution in [0.25, 0.3) is 10.3 Å². The zero-order valence-electron chi connectivity index (χ0n) is 7.42. The van der Waals surface area contributed by atoms with Gasteiger partial charge in [0.15, 0.2) is 20.0 Å². The molecule has 0 rings (SSSR count). The molecular formula is C2H2F6MgN2O4S2. The Morgan fingerprint density at radius 2 is 0.706 bits per heavy atom. The average Bonchev–Trinajstić information content (AvgIpc) is 1.77. The largest absolute Gasteiger partial charge is 2.00 e. The second kappa shape index (κ2) is 6.37. The van der Waals surface area contributed by atoms with E-state index in [0.29, 0.717) is 0 Å². The Labute approximate surface area is 108 Å². The summed E-state index contributed by atoms with van der Waals surface area (Å²) >= 11 is 0. The van der Waals surface area contributed by atoms with Crippen molar-refractivity contribution in [2.75, 3.05) is 0 Å². The van der Waals surface area contributed by atoms with E-state index in [1.807, 2.05) is 0 Å². The number of alkyl halides is 6. The van der Waals surface area contributed by atoms with Gasteiger partial charge in [-0.05, 0) is 0 Å². The van der Waals surface area contributed by atoms with Crippen LogP contribution in [0.4, 0.5) is 26.3 Å². The maximum Gasteiger partial charge on any atom is 2.00 e. The fourth-order valence-corrected chi connectivity index (χ4v) is 0. The first-order chi connectivity index (χ1) is 6.50. The number of rotatable bonds is 0. The molecule has 0 unspecified atom stereocenters. The zero-order chi connectivity index (χ0) is 14.0. The minimum atomic E-state index is -5.59. The van der Waals surface area contributed by atoms with Gasteiger partial charge in [-0.3, -0.25) is 0 Å². The van der Waals surface area contributed by atoms with Crippen molar-refractivity contribution >= 4 is 43.1 Å². The van der Waals surface area contributed by atoms with Gasteiger partial charge in [0.2, 0.25) is 0 Å². The van der Waals surface area contributed by atoms with Crippen molar-refractivity contribution in [2.24, 2.45) is 0 Å². The summed E-state index contributed by atoms with van der Waals surface area (Å²) in [5.74, 6) is 0. The van der Waals surface area contributed by atoms with Crippen molar-refractivity contribution < 1.29 is 43.2 Å². The van der Waals surface area contributed by atoms with E-state index < -0.39 is 31.1 Å². The topological polar surface area (TPSA) is 116 Å². The molecule has 0 atom stereocenters. The Bertz CT molecular complexity index is 380. The summed E-state index contributed by atoms with van der Waals surface area (Å²) in [7, 11) is -11.2. The predicted molar refractivity (Wildman–Crippen MR) is 44.3 cm³/mol. The van der Waals surface area contributed by atoms with Crippen molar-refractivity contribution in [3.8, 4) is 0 Å². The quantitative estimate of drug-likeness (QED) is 0.495. The SMILES string of the molecule is [Mg+2].[NH-]S(=O)(=O)C(F)(F)F.[NH-]S(=O)(=O)C(F)(F)F. The Morgan fingerprint density at radius 1 is 0.647 bits per heavy atom. The molecular weight excluding hydrogens is 318 g/mol. The first-order valence-corrected chi connectivity index (χ1v) is 5.58. The molecule has 0 aliphatic carbocycles. The van der Waals surface area contributed by atoms with Crippen LogP contribution in [0, 0.1) is 0 Å². The van der Waals surface area contributed by atoms with E-state index in [4.69, 9.17) is 10.3 Å². The molecule has 2 N–H and O–H groups in total. The monoisotopic (exact) mass is 320 g/mol. The molecule has 0 bridgehead atoms. The van der Waals surface area contributed by atoms with Crippen LogP contribution in [-0.2, 0) is 20.0 Å². The van der Waals surface area contributed by atoms with Crippen LogP contribution in [0.1, 0.15) is 0 Å². The Hall–Kier alpha value is 0.166. The summed E-state index contributed by atoms with van der Waals surface area (Å²) in [6, 6.07) is 0. The van der Waals surface area contributed by atoms with Crippen molar-refractivity contribution in [2.45, 2.75) is 11.0 Å². The second-order valence-electron chi connectivity index (χ2n) is 1.90. The predicted octanol–water partition coefficient (Wildman–Crippen LogP) is 1.40. The minimum Gasteiger partial charge on any atom is -0.556 e. The smallest absolute Gasteiger partial charge is 0.556 e. The third-order valence-corrected chi connectivity index (χ3v) is 1.83. The zero-order valence-corrected chi connectivity index (χ0v) is 10.5. The van der Waals surface area contributed by atoms with Gasteiger partial charge in [-0.2, -0.15) is 26.3 Å². The molecule has 17 heavy (non-hydrogen) atoms. The number of halogens is 6. The first kappa shape index (κ1) is 22.4. The number of nitrogens with one attached hydrogen (secondary N) is 2. The summed E-state index contributed by atoms with van der Waals surface area (Å²) in [5.41, 5.74) is -10.8. The van der Waals surface area contributed by atoms with E-state index in [0.717, 1.165) is 0 Å². The molecule has 0 radical (unpaired) electrons. The van der Waals surface area contributed by atoms with Gasteiger partial charge < -0.3 is 10.3 Å². The van der Waals surface area contributed by atoms with Crippen molar-refractivity contribution in [3.05, 3.63) is 10.3 Å². The van der Waals surface area contributed by atoms with Crippen LogP contribution in [-0.4, -0.2) is 50.9 Å². The average molecular weight is 320 g/mol. The van der Waals surface area contributed by atoms with Crippen molar-refractivity contribution in [1.29, 1.82) is 0 Å². The van der Waals surface area contributed by atoms with Gasteiger partial charge >= 0.3 is 34.1 Å². The third-order valence-electron chi connectivity index (χ3n) is 0.609. The molecule has 0 saturated carbocycles. The summed E-state index contributed by atoms with van der Waals surface area (Å²) in [5, 5.41) is 10.9. The number of hydrogen-bond donors (Lipinski definition) is 0. The summed E-state index contributed by atoms with van der Waals surface area (Å²) in [6.07, 6.45) is 0. The summed E-state index contributed by atoms with van der Waals surface area (Å²) in [6.45, 7) is 0. The molecule has 0 aromatic carbocycles. The van der Waals surface area contributed by atoms with Gasteiger partial charge in [-0.15, -0.1) is 0 Å². The van der Waals surface area contributed by atoms with Crippen LogP contribution < -0.4 is 0 Å². The van der Waals surface area contributed by atoms with Gasteiger partial charge in [-0.1, -0.05) is 0 Å². The molecule has 100 valence electrons. The van der Waals surface area contributed by atoms with Crippen LogP contribution in [0.15, 0.2) is 0 Å². The number of sulfonamides is 2. The Morgan fingerprint density at radius 3 is 0.706 bits per heavy atom. The normalized spacial score (nSPS) is 13.2. The van der Waals surface area contributed by atoms with Crippen LogP contribution in [0.3, 0.4) is 0 Å². The van der Waals surface area contributed by atoms with Gasteiger partial charge in [0.25, 0.3) is 0 Å². The summed E-state index contributed by atoms with van der Waals surface area (Å²) in [4.78, 5) is 0. The fourth-order valence-electron chi connectivity index (χ4n) is 0. The van der Waals surface area contributed by atoms with Gasteiger partial charge in [-0.25, -0.2) is 16.8 Å². The van der Waals surface area contributed by atoms with Gasteiger partial charge in [0, 0.05) is 0 Å². The maximum atomic E-state index is 10.8. The molecule has 0 heterocycles. The van der Waals surface area contributed by atoms with Gasteiger partial charge in [0.1, 0.15) is 0 Å². The fraction of sp³-hybridized carbons (Fsp3) is 1.00. The van der Waals surface area contributed by atoms with E-state index in [2.05, 4.69) is 0 Å². The molecule has 0 spiro atoms. The standard InChI is InChI=1S/2CHF3NO2S.Mg/c2*2-1(3,4)8(5,6)7;/h2*(H-,5,6,7);/q2*-1;+2. The molecule has 6 nitrogen and oxygen atoms in total. The minimum absolute atomic E-state index is 0. The molecule has 0 amide bonds. The summed E-state index contributed by atoms with van der Waals surface area (Å²) < 4.78 is 102. The molecule has 0 saturated heterocycles. The van der Waals surface area contributed by atoms with Crippen molar-refractivity contribution in [1.82, 2.24) is 0 Å². The van der Waals surface area contributed by atoms with Crippen molar-refractivity contribution in [3.63, 3.8) is 0 Å². The van der Waals surface area contributed by atoms with E-state index in [1.165, 1.54) is 0 Å². The second-order valence-corrected chi connectivity index (χ2v) is 4.84. The Balaban J connectivity index is -0.000000218. The maximum absolute atomic E-state index is 10.8. The van der Waals surface area contributed by atoms with Gasteiger partial charge in [0.05, 0.1) is 0 Å². The molecule has 0 aromatic rings. The molecule has 0 aliphatic heterocycles. The van der Waals surface area contributed by atoms with E-state index >= 15 is 0 Å². The number of hydrogen-bond acceptors (Lipinski definition) is 4. The van der Waals surface area contributed by atoms with Crippen LogP contribution in [0.5, 0.6) is 0 Å². The van der Waals surface area contributed by atoms with Crippen LogP contribution >= 0.6 is 0 Å².